The highest BCUT2D eigenvalue weighted by atomic mass is 16.7. The van der Waals surface area contributed by atoms with Crippen LogP contribution in [0.3, 0.4) is 0 Å². The first-order valence-electron chi connectivity index (χ1n) is 10.9. The summed E-state index contributed by atoms with van der Waals surface area (Å²) in [4.78, 5) is 12.1. The Hall–Kier alpha value is -1.57. The van der Waals surface area contributed by atoms with Gasteiger partial charge in [-0.05, 0) is 78.8 Å². The number of rotatable bonds is 5. The topological polar surface area (TPSA) is 66.0 Å². The smallest absolute Gasteiger partial charge is 0.444 e. The normalized spacial score (nSPS) is 25.4. The molecule has 1 heterocycles. The third-order valence-electron chi connectivity index (χ3n) is 6.12. The molecule has 0 unspecified atom stereocenters. The van der Waals surface area contributed by atoms with Gasteiger partial charge in [0.05, 0.1) is 30.0 Å². The number of ether oxygens (including phenoxy) is 2. The highest BCUT2D eigenvalue weighted by Crippen LogP contribution is 2.36. The van der Waals surface area contributed by atoms with Crippen molar-refractivity contribution in [2.24, 2.45) is 0 Å². The van der Waals surface area contributed by atoms with E-state index in [1.807, 2.05) is 45.0 Å². The van der Waals surface area contributed by atoms with Gasteiger partial charge in [-0.1, -0.05) is 24.3 Å². The lowest BCUT2D eigenvalue weighted by atomic mass is 9.79. The fourth-order valence-electron chi connectivity index (χ4n) is 3.70. The van der Waals surface area contributed by atoms with Crippen LogP contribution in [0, 0.1) is 0 Å². The first kappa shape index (κ1) is 23.1. The van der Waals surface area contributed by atoms with Crippen LogP contribution in [0.15, 0.2) is 24.3 Å². The Kier molecular flexibility index (Phi) is 6.56. The summed E-state index contributed by atoms with van der Waals surface area (Å²) in [6, 6.07) is 8.15. The fraction of sp³-hybridized carbons (Fsp3) is 0.696. The molecule has 1 aromatic rings. The summed E-state index contributed by atoms with van der Waals surface area (Å²) in [5.74, 6) is 0. The van der Waals surface area contributed by atoms with E-state index in [1.54, 1.807) is 0 Å². The van der Waals surface area contributed by atoms with Crippen molar-refractivity contribution in [2.45, 2.75) is 103 Å². The number of benzene rings is 1. The summed E-state index contributed by atoms with van der Waals surface area (Å²) in [6.07, 6.45) is 2.50. The number of carbonyl (C=O) groups excluding carboxylic acids is 1. The zero-order chi connectivity index (χ0) is 22.2. The second-order valence-electron chi connectivity index (χ2n) is 10.4. The van der Waals surface area contributed by atoms with Crippen LogP contribution < -0.4 is 10.8 Å². The third-order valence-corrected chi connectivity index (χ3v) is 6.12. The highest BCUT2D eigenvalue weighted by Gasteiger charge is 2.51. The van der Waals surface area contributed by atoms with Crippen LogP contribution in [0.25, 0.3) is 0 Å². The molecule has 1 amide bonds. The Morgan fingerprint density at radius 2 is 1.70 bits per heavy atom. The van der Waals surface area contributed by atoms with Gasteiger partial charge in [-0.2, -0.15) is 0 Å². The predicted octanol–water partition coefficient (Wildman–Crippen LogP) is 3.95. The Bertz CT molecular complexity index is 725. The molecular weight excluding hydrogens is 381 g/mol. The van der Waals surface area contributed by atoms with Gasteiger partial charge in [0.1, 0.15) is 5.60 Å². The molecule has 30 heavy (non-hydrogen) atoms. The summed E-state index contributed by atoms with van der Waals surface area (Å²) >= 11 is 0. The molecule has 1 N–H and O–H groups in total. The zero-order valence-electron chi connectivity index (χ0n) is 19.4. The van der Waals surface area contributed by atoms with Gasteiger partial charge in [0.15, 0.2) is 0 Å². The van der Waals surface area contributed by atoms with Gasteiger partial charge in [-0.15, -0.1) is 0 Å². The van der Waals surface area contributed by atoms with E-state index in [2.05, 4.69) is 33.0 Å². The van der Waals surface area contributed by atoms with Crippen LogP contribution >= 0.6 is 0 Å². The summed E-state index contributed by atoms with van der Waals surface area (Å²) in [7, 11) is -0.359. The summed E-state index contributed by atoms with van der Waals surface area (Å²) < 4.78 is 23.7. The molecule has 6 nitrogen and oxygen atoms in total. The Labute approximate surface area is 181 Å². The first-order chi connectivity index (χ1) is 13.9. The molecule has 1 saturated carbocycles. The van der Waals surface area contributed by atoms with Gasteiger partial charge in [-0.3, -0.25) is 0 Å². The minimum absolute atomic E-state index is 0.000270. The minimum Gasteiger partial charge on any atom is -0.444 e. The molecule has 0 aromatic heterocycles. The van der Waals surface area contributed by atoms with Crippen LogP contribution in [-0.4, -0.2) is 42.2 Å². The lowest BCUT2D eigenvalue weighted by Gasteiger charge is -2.32. The quantitative estimate of drug-likeness (QED) is 0.735. The lowest BCUT2D eigenvalue weighted by molar-refractivity contribution is 0.00578. The molecule has 7 heteroatoms. The van der Waals surface area contributed by atoms with Gasteiger partial charge < -0.3 is 24.1 Å². The van der Waals surface area contributed by atoms with Crippen molar-refractivity contribution >= 4 is 18.7 Å². The van der Waals surface area contributed by atoms with Crippen molar-refractivity contribution in [1.82, 2.24) is 5.32 Å². The molecule has 0 bridgehead atoms. The van der Waals surface area contributed by atoms with Crippen molar-refractivity contribution in [3.63, 3.8) is 0 Å². The molecule has 1 aromatic carbocycles. The average molecular weight is 417 g/mol. The maximum Gasteiger partial charge on any atom is 0.494 e. The van der Waals surface area contributed by atoms with E-state index in [9.17, 15) is 4.79 Å². The number of amides is 1. The number of nitrogens with one attached hydrogen (secondary N) is 1. The number of hydrogen-bond donors (Lipinski definition) is 1. The lowest BCUT2D eigenvalue weighted by Crippen LogP contribution is -2.43. The monoisotopic (exact) mass is 417 g/mol. The maximum atomic E-state index is 12.1. The van der Waals surface area contributed by atoms with Crippen molar-refractivity contribution in [1.29, 1.82) is 0 Å². The molecule has 166 valence electrons. The van der Waals surface area contributed by atoms with Crippen molar-refractivity contribution in [2.75, 3.05) is 0 Å². The zero-order valence-corrected chi connectivity index (χ0v) is 19.4. The molecule has 0 spiro atoms. The van der Waals surface area contributed by atoms with E-state index in [-0.39, 0.29) is 36.6 Å². The predicted molar refractivity (Wildman–Crippen MR) is 118 cm³/mol. The van der Waals surface area contributed by atoms with Gasteiger partial charge in [0.2, 0.25) is 0 Å². The number of carbonyl (C=O) groups is 1. The van der Waals surface area contributed by atoms with Crippen molar-refractivity contribution in [3.8, 4) is 0 Å². The molecule has 2 aliphatic rings. The van der Waals surface area contributed by atoms with Crippen molar-refractivity contribution in [3.05, 3.63) is 29.8 Å². The summed E-state index contributed by atoms with van der Waals surface area (Å²) in [5.41, 5.74) is 0.884. The molecule has 1 aliphatic carbocycles. The average Bonchev–Trinajstić information content (AvgIpc) is 3.13. The second kappa shape index (κ2) is 8.52. The standard InChI is InChI=1S/C23H36BNO5/c1-21(2,3)28-20(26)25-18-9-8-10-19(18)27-15-16-11-13-17(14-12-16)24-29-22(4,5)23(6,7)30-24/h11-14,18-19H,8-10,15H2,1-7H3,(H,25,26)/t18-,19-/m0/s1. The van der Waals surface area contributed by atoms with E-state index in [4.69, 9.17) is 18.8 Å². The molecule has 0 radical (unpaired) electrons. The van der Waals surface area contributed by atoms with Gasteiger partial charge in [-0.25, -0.2) is 4.79 Å². The molecule has 3 rings (SSSR count). The third kappa shape index (κ3) is 5.57. The fourth-order valence-corrected chi connectivity index (χ4v) is 3.70. The first-order valence-corrected chi connectivity index (χ1v) is 10.9. The minimum atomic E-state index is -0.502. The molecular formula is C23H36BNO5. The van der Waals surface area contributed by atoms with Gasteiger partial charge in [0.25, 0.3) is 0 Å². The Balaban J connectivity index is 1.52. The Morgan fingerprint density at radius 1 is 1.10 bits per heavy atom. The summed E-state index contributed by atoms with van der Waals surface area (Å²) in [5, 5.41) is 2.96. The Morgan fingerprint density at radius 3 is 2.27 bits per heavy atom. The van der Waals surface area contributed by atoms with Crippen LogP contribution in [0.4, 0.5) is 4.79 Å². The molecule has 1 saturated heterocycles. The maximum absolute atomic E-state index is 12.1. The van der Waals surface area contributed by atoms with E-state index in [0.717, 1.165) is 30.3 Å². The number of alkyl carbamates (subject to hydrolysis) is 1. The highest BCUT2D eigenvalue weighted by molar-refractivity contribution is 6.62. The van der Waals surface area contributed by atoms with E-state index >= 15 is 0 Å². The van der Waals surface area contributed by atoms with Crippen LogP contribution in [0.2, 0.25) is 0 Å². The largest absolute Gasteiger partial charge is 0.494 e. The van der Waals surface area contributed by atoms with Gasteiger partial charge in [0, 0.05) is 0 Å². The summed E-state index contributed by atoms with van der Waals surface area (Å²) in [6.45, 7) is 14.3. The van der Waals surface area contributed by atoms with E-state index in [1.165, 1.54) is 0 Å². The second-order valence-corrected chi connectivity index (χ2v) is 10.4. The van der Waals surface area contributed by atoms with E-state index in [0.29, 0.717) is 6.61 Å². The molecule has 2 atom stereocenters. The van der Waals surface area contributed by atoms with Crippen LogP contribution in [0.1, 0.15) is 73.3 Å². The van der Waals surface area contributed by atoms with Crippen molar-refractivity contribution < 1.29 is 23.6 Å². The molecule has 1 aliphatic heterocycles. The number of hydrogen-bond acceptors (Lipinski definition) is 5. The SMILES string of the molecule is CC(C)(C)OC(=O)N[C@H]1CCC[C@@H]1OCc1ccc(B2OC(C)(C)C(C)(C)O2)cc1. The van der Waals surface area contributed by atoms with Crippen LogP contribution in [-0.2, 0) is 25.4 Å². The van der Waals surface area contributed by atoms with Gasteiger partial charge >= 0.3 is 13.2 Å². The molecule has 2 fully saturated rings. The van der Waals surface area contributed by atoms with E-state index < -0.39 is 5.60 Å². The van der Waals surface area contributed by atoms with Crippen LogP contribution in [0.5, 0.6) is 0 Å².